The van der Waals surface area contributed by atoms with E-state index < -0.39 is 0 Å². The molecule has 12 nitrogen and oxygen atoms in total. The smallest absolute Gasteiger partial charge is 0.238 e. The first-order chi connectivity index (χ1) is 62.5. The van der Waals surface area contributed by atoms with Gasteiger partial charge in [0.1, 0.15) is 17.2 Å². The zero-order valence-corrected chi connectivity index (χ0v) is 69.9. The summed E-state index contributed by atoms with van der Waals surface area (Å²) in [6, 6.07) is 117. The SMILES string of the molecule is CC1(C)c2cc3c(cc2-c2c1ccc1ccccc21)c1ccccc1n3-c1ncc2c(n1)Oc1cccc3cccc-2c13.CC1(C)c2ccccc2-c2cc3c4c5ccccc5ccc4n(-c4ncc5c(n4)Oc4cccc6cccc-5c46)c3cc21.c1cc2c3c(cccc3c1)-c1cnc(-n3c4ccccc4c4c5ccccc5c5c6ccccc6sc5c43)nc1O2. The molecule has 0 spiro atoms. The van der Waals surface area contributed by atoms with Gasteiger partial charge in [0, 0.05) is 110 Å². The van der Waals surface area contributed by atoms with E-state index in [1.54, 1.807) is 0 Å². The topological polar surface area (TPSA) is 120 Å². The van der Waals surface area contributed by atoms with Crippen molar-refractivity contribution in [3.8, 4) is 108 Å². The number of fused-ring (bicyclic) bond motifs is 32. The van der Waals surface area contributed by atoms with Crippen LogP contribution >= 0.6 is 11.3 Å². The van der Waals surface area contributed by atoms with E-state index in [0.717, 1.165) is 116 Å². The van der Waals surface area contributed by atoms with Crippen molar-refractivity contribution in [2.75, 3.05) is 0 Å². The number of rotatable bonds is 3. The molecule has 594 valence electrons. The molecule has 0 fully saturated rings. The zero-order valence-electron chi connectivity index (χ0n) is 69.1. The number of aromatic nitrogens is 9. The monoisotopic (exact) mass is 1640 g/mol. The van der Waals surface area contributed by atoms with Gasteiger partial charge in [-0.2, -0.15) is 15.0 Å². The van der Waals surface area contributed by atoms with Gasteiger partial charge in [0.05, 0.1) is 54.5 Å². The average molecular weight is 1640 g/mol. The van der Waals surface area contributed by atoms with Crippen LogP contribution in [0.4, 0.5) is 0 Å². The Balaban J connectivity index is 0.0000000966. The molecule has 0 N–H and O–H groups in total. The standard InChI is InChI=1S/2C39H25N3O.C36H19N3OS/c1-39(2)30-18-17-22-9-3-4-12-24(22)36(30)28-19-27-25-13-5-6-15-32(25)42(33(27)20-31(28)39)38-40-21-29-26-14-7-10-23-11-8-16-34(35(23)26)43-37(29)41-38;1-39(2)30-15-6-5-13-25(30)27-19-28-33(20-31(27)39)42(32-18-17-22-9-3-4-12-24(22)36(28)32)38-40-21-29-26-14-7-10-23-11-8-16-34(35(23)26)43-37(29)41-38;1-2-12-22-21(11-1)31-24-13-3-5-16-27(24)39(33(31)34-32(22)25-14-4-6-18-29(25)41-34)36-37-19-26-23-15-7-9-20-10-8-17-28(30(20)23)40-35(26)38-36/h2*3-21H,1-2H3;1-19H. The average Bonchev–Trinajstić information content (AvgIpc) is 1.54. The lowest BCUT2D eigenvalue weighted by Crippen LogP contribution is -2.15. The van der Waals surface area contributed by atoms with Crippen molar-refractivity contribution in [2.45, 2.75) is 38.5 Å². The summed E-state index contributed by atoms with van der Waals surface area (Å²) in [5.74, 6) is 6.06. The molecular weight excluding hydrogens is 1580 g/mol. The number of benzene rings is 18. The van der Waals surface area contributed by atoms with Crippen LogP contribution in [0, 0.1) is 0 Å². The molecule has 0 radical (unpaired) electrons. The minimum absolute atomic E-state index is 0.119. The van der Waals surface area contributed by atoms with E-state index in [-0.39, 0.29) is 10.8 Å². The fraction of sp³-hybridized carbons (Fsp3) is 0.0526. The molecule has 3 aliphatic heterocycles. The van der Waals surface area contributed by atoms with Gasteiger partial charge in [-0.05, 0) is 160 Å². The van der Waals surface area contributed by atoms with Gasteiger partial charge in [-0.3, -0.25) is 13.7 Å². The highest BCUT2D eigenvalue weighted by atomic mass is 32.1. The molecule has 0 unspecified atom stereocenters. The molecule has 13 heteroatoms. The number of hydrogen-bond acceptors (Lipinski definition) is 10. The Morgan fingerprint density at radius 2 is 0.677 bits per heavy atom. The van der Waals surface area contributed by atoms with Crippen molar-refractivity contribution < 1.29 is 14.2 Å². The maximum Gasteiger partial charge on any atom is 0.238 e. The van der Waals surface area contributed by atoms with Gasteiger partial charge < -0.3 is 14.2 Å². The van der Waals surface area contributed by atoms with Gasteiger partial charge in [-0.15, -0.1) is 11.3 Å². The Hall–Kier alpha value is -16.2. The first-order valence-electron chi connectivity index (χ1n) is 43.2. The summed E-state index contributed by atoms with van der Waals surface area (Å²) in [6.07, 6.45) is 5.77. The molecule has 5 aliphatic rings. The van der Waals surface area contributed by atoms with Gasteiger partial charge >= 0.3 is 0 Å². The van der Waals surface area contributed by atoms with Gasteiger partial charge in [-0.1, -0.05) is 289 Å². The lowest BCUT2D eigenvalue weighted by molar-refractivity contribution is 0.464. The summed E-state index contributed by atoms with van der Waals surface area (Å²) in [6.45, 7) is 9.33. The van der Waals surface area contributed by atoms with Crippen LogP contribution in [-0.2, 0) is 10.8 Å². The third-order valence-corrected chi connectivity index (χ3v) is 29.0. The Bertz CT molecular complexity index is 9290. The zero-order chi connectivity index (χ0) is 83.6. The number of ether oxygens (including phenoxy) is 3. The second kappa shape index (κ2) is 25.7. The van der Waals surface area contributed by atoms with Crippen LogP contribution in [0.5, 0.6) is 34.9 Å². The summed E-state index contributed by atoms with van der Waals surface area (Å²) in [7, 11) is 0. The molecule has 0 bridgehead atoms. The second-order valence-electron chi connectivity index (χ2n) is 35.1. The lowest BCUT2D eigenvalue weighted by Gasteiger charge is -2.22. The van der Waals surface area contributed by atoms with E-state index in [4.69, 9.17) is 44.1 Å². The summed E-state index contributed by atoms with van der Waals surface area (Å²) in [5.41, 5.74) is 23.0. The van der Waals surface area contributed by atoms with Gasteiger partial charge in [0.25, 0.3) is 0 Å². The first kappa shape index (κ1) is 70.3. The highest BCUT2D eigenvalue weighted by molar-refractivity contribution is 7.27. The van der Waals surface area contributed by atoms with Crippen LogP contribution < -0.4 is 14.2 Å². The summed E-state index contributed by atoms with van der Waals surface area (Å²) in [4.78, 5) is 30.3. The molecule has 18 aromatic carbocycles. The molecule has 0 saturated carbocycles. The lowest BCUT2D eigenvalue weighted by atomic mass is 9.82. The van der Waals surface area contributed by atoms with Crippen molar-refractivity contribution in [3.63, 3.8) is 0 Å². The van der Waals surface area contributed by atoms with Crippen LogP contribution in [0.2, 0.25) is 0 Å². The van der Waals surface area contributed by atoms with Crippen LogP contribution in [0.3, 0.4) is 0 Å². The van der Waals surface area contributed by atoms with E-state index in [1.807, 2.05) is 66.3 Å². The molecular formula is C114H69N9O3S. The van der Waals surface area contributed by atoms with Crippen LogP contribution in [0.1, 0.15) is 49.9 Å². The molecule has 0 amide bonds. The van der Waals surface area contributed by atoms with Gasteiger partial charge in [-0.25, -0.2) is 15.0 Å². The number of nitrogens with zero attached hydrogens (tertiary/aromatic N) is 9. The fourth-order valence-electron chi connectivity index (χ4n) is 22.1. The van der Waals surface area contributed by atoms with Gasteiger partial charge in [0.15, 0.2) is 0 Å². The molecule has 30 rings (SSSR count). The summed E-state index contributed by atoms with van der Waals surface area (Å²) in [5, 5.41) is 24.1. The molecule has 127 heavy (non-hydrogen) atoms. The molecule has 2 aliphatic carbocycles. The largest absolute Gasteiger partial charge is 0.438 e. The number of thiophene rings is 1. The summed E-state index contributed by atoms with van der Waals surface area (Å²) < 4.78 is 28.5. The second-order valence-corrected chi connectivity index (χ2v) is 36.1. The third-order valence-electron chi connectivity index (χ3n) is 27.8. The van der Waals surface area contributed by atoms with E-state index in [2.05, 4.69) is 333 Å². The molecule has 10 heterocycles. The minimum Gasteiger partial charge on any atom is -0.438 e. The molecule has 0 atom stereocenters. The van der Waals surface area contributed by atoms with E-state index in [1.165, 1.54) is 129 Å². The Morgan fingerprint density at radius 3 is 1.28 bits per heavy atom. The number of para-hydroxylation sites is 2. The summed E-state index contributed by atoms with van der Waals surface area (Å²) >= 11 is 1.84. The maximum atomic E-state index is 6.47. The van der Waals surface area contributed by atoms with Crippen molar-refractivity contribution in [1.82, 2.24) is 43.6 Å². The Labute approximate surface area is 729 Å². The van der Waals surface area contributed by atoms with Crippen LogP contribution in [0.15, 0.2) is 346 Å². The van der Waals surface area contributed by atoms with E-state index >= 15 is 0 Å². The maximum absolute atomic E-state index is 6.47. The minimum atomic E-state index is -0.146. The predicted molar refractivity (Wildman–Crippen MR) is 519 cm³/mol. The van der Waals surface area contributed by atoms with E-state index in [0.29, 0.717) is 35.5 Å². The van der Waals surface area contributed by atoms with Crippen molar-refractivity contribution >= 4 is 162 Å². The molecule has 7 aromatic heterocycles. The number of hydrogen-bond donors (Lipinski definition) is 0. The van der Waals surface area contributed by atoms with Crippen molar-refractivity contribution in [2.24, 2.45) is 0 Å². The van der Waals surface area contributed by atoms with Crippen LogP contribution in [-0.4, -0.2) is 43.6 Å². The van der Waals surface area contributed by atoms with Crippen molar-refractivity contribution in [1.29, 1.82) is 0 Å². The quantitative estimate of drug-likeness (QED) is 0.170. The molecule has 0 saturated heterocycles. The first-order valence-corrected chi connectivity index (χ1v) is 44.0. The fourth-order valence-corrected chi connectivity index (χ4v) is 23.3. The Morgan fingerprint density at radius 1 is 0.252 bits per heavy atom. The van der Waals surface area contributed by atoms with Crippen molar-refractivity contribution in [3.05, 3.63) is 368 Å². The predicted octanol–water partition coefficient (Wildman–Crippen LogP) is 29.9. The normalized spacial score (nSPS) is 13.7. The third kappa shape index (κ3) is 9.74. The van der Waals surface area contributed by atoms with E-state index in [9.17, 15) is 0 Å². The molecule has 25 aromatic rings. The highest BCUT2D eigenvalue weighted by Gasteiger charge is 2.40. The van der Waals surface area contributed by atoms with Crippen LogP contribution in [0.25, 0.3) is 224 Å². The van der Waals surface area contributed by atoms with Gasteiger partial charge in [0.2, 0.25) is 35.5 Å². The Kier molecular flexibility index (Phi) is 14.2. The highest BCUT2D eigenvalue weighted by Crippen LogP contribution is 2.58.